The Morgan fingerprint density at radius 1 is 1.31 bits per heavy atom. The van der Waals surface area contributed by atoms with Crippen LogP contribution in [-0.2, 0) is 14.3 Å². The second-order valence-electron chi connectivity index (χ2n) is 4.84. The molecule has 0 unspecified atom stereocenters. The molecule has 0 aliphatic carbocycles. The molecule has 0 radical (unpaired) electrons. The van der Waals surface area contributed by atoms with Gasteiger partial charge in [-0.25, -0.2) is 4.79 Å². The standard InChI is InChI=1S/C10H21NO2.CO2/c1-8(2)7-11(6)9(12)13-10(3,4)5;2-1-3/h8H,7H2,1-6H3;. The fourth-order valence-corrected chi connectivity index (χ4v) is 0.962. The molecule has 0 saturated heterocycles. The molecule has 0 fully saturated rings. The molecule has 0 saturated carbocycles. The van der Waals surface area contributed by atoms with Crippen LogP contribution in [0.2, 0.25) is 0 Å². The van der Waals surface area contributed by atoms with Crippen molar-refractivity contribution >= 4 is 12.2 Å². The molecule has 0 aliphatic rings. The summed E-state index contributed by atoms with van der Waals surface area (Å²) in [5.74, 6) is 0.470. The van der Waals surface area contributed by atoms with Gasteiger partial charge in [0.25, 0.3) is 0 Å². The Kier molecular flexibility index (Phi) is 8.40. The van der Waals surface area contributed by atoms with Crippen LogP contribution in [0, 0.1) is 5.92 Å². The predicted octanol–water partition coefficient (Wildman–Crippen LogP) is 1.93. The molecule has 0 N–H and O–H groups in total. The SMILES string of the molecule is CC(C)CN(C)C(=O)OC(C)(C)C.O=C=O. The Morgan fingerprint density at radius 3 is 1.94 bits per heavy atom. The smallest absolute Gasteiger partial charge is 0.410 e. The second-order valence-corrected chi connectivity index (χ2v) is 4.84. The highest BCUT2D eigenvalue weighted by molar-refractivity contribution is 5.67. The summed E-state index contributed by atoms with van der Waals surface area (Å²) in [6.07, 6.45) is 0.00111. The quantitative estimate of drug-likeness (QED) is 0.728. The largest absolute Gasteiger partial charge is 0.444 e. The van der Waals surface area contributed by atoms with E-state index >= 15 is 0 Å². The molecular weight excluding hydrogens is 210 g/mol. The molecule has 5 heteroatoms. The fourth-order valence-electron chi connectivity index (χ4n) is 0.962. The third kappa shape index (κ3) is 12.7. The van der Waals surface area contributed by atoms with E-state index in [1.165, 1.54) is 0 Å². The van der Waals surface area contributed by atoms with Crippen molar-refractivity contribution < 1.29 is 19.1 Å². The number of ether oxygens (including phenoxy) is 1. The number of nitrogens with zero attached hydrogens (tertiary/aromatic N) is 1. The molecule has 94 valence electrons. The van der Waals surface area contributed by atoms with Gasteiger partial charge in [-0.15, -0.1) is 0 Å². The minimum Gasteiger partial charge on any atom is -0.444 e. The van der Waals surface area contributed by atoms with Crippen LogP contribution < -0.4 is 0 Å². The van der Waals surface area contributed by atoms with Gasteiger partial charge in [0.1, 0.15) is 5.60 Å². The van der Waals surface area contributed by atoms with Crippen molar-refractivity contribution in [2.75, 3.05) is 13.6 Å². The van der Waals surface area contributed by atoms with Crippen molar-refractivity contribution in [2.24, 2.45) is 5.92 Å². The van der Waals surface area contributed by atoms with Crippen LogP contribution in [0.4, 0.5) is 4.79 Å². The number of rotatable bonds is 2. The summed E-state index contributed by atoms with van der Waals surface area (Å²) in [6.45, 7) is 10.5. The topological polar surface area (TPSA) is 63.7 Å². The Labute approximate surface area is 96.8 Å². The average Bonchev–Trinajstić information content (AvgIpc) is 2.00. The monoisotopic (exact) mass is 231 g/mol. The van der Waals surface area contributed by atoms with Gasteiger partial charge in [-0.1, -0.05) is 13.8 Å². The molecule has 0 aliphatic heterocycles. The Hall–Kier alpha value is -1.35. The average molecular weight is 231 g/mol. The molecule has 16 heavy (non-hydrogen) atoms. The van der Waals surface area contributed by atoms with Crippen LogP contribution in [0.15, 0.2) is 0 Å². The summed E-state index contributed by atoms with van der Waals surface area (Å²) in [5.41, 5.74) is -0.400. The number of carbonyl (C=O) groups excluding carboxylic acids is 3. The maximum absolute atomic E-state index is 11.4. The van der Waals surface area contributed by atoms with Gasteiger partial charge < -0.3 is 9.64 Å². The Bertz CT molecular complexity index is 237. The van der Waals surface area contributed by atoms with Gasteiger partial charge in [-0.3, -0.25) is 0 Å². The molecule has 0 aromatic heterocycles. The third-order valence-corrected chi connectivity index (χ3v) is 1.34. The Balaban J connectivity index is 0. The lowest BCUT2D eigenvalue weighted by atomic mass is 10.2. The first-order chi connectivity index (χ1) is 7.14. The predicted molar refractivity (Wildman–Crippen MR) is 58.7 cm³/mol. The molecule has 0 heterocycles. The van der Waals surface area contributed by atoms with Crippen molar-refractivity contribution in [1.29, 1.82) is 0 Å². The molecule has 0 bridgehead atoms. The van der Waals surface area contributed by atoms with E-state index < -0.39 is 5.60 Å². The zero-order valence-corrected chi connectivity index (χ0v) is 10.9. The minimum atomic E-state index is -0.400. The first kappa shape index (κ1) is 17.1. The highest BCUT2D eigenvalue weighted by Crippen LogP contribution is 2.09. The van der Waals surface area contributed by atoms with Crippen LogP contribution in [0.25, 0.3) is 0 Å². The van der Waals surface area contributed by atoms with Crippen LogP contribution in [0.1, 0.15) is 34.6 Å². The molecule has 0 aromatic rings. The van der Waals surface area contributed by atoms with Crippen LogP contribution in [0.3, 0.4) is 0 Å². The summed E-state index contributed by atoms with van der Waals surface area (Å²) >= 11 is 0. The van der Waals surface area contributed by atoms with Crippen molar-refractivity contribution in [1.82, 2.24) is 4.90 Å². The van der Waals surface area contributed by atoms with E-state index in [0.29, 0.717) is 5.92 Å². The third-order valence-electron chi connectivity index (χ3n) is 1.34. The highest BCUT2D eigenvalue weighted by atomic mass is 16.6. The van der Waals surface area contributed by atoms with Crippen LogP contribution in [0.5, 0.6) is 0 Å². The van der Waals surface area contributed by atoms with Crippen molar-refractivity contribution in [3.05, 3.63) is 0 Å². The summed E-state index contributed by atoms with van der Waals surface area (Å²) in [4.78, 5) is 29.3. The van der Waals surface area contributed by atoms with Crippen molar-refractivity contribution in [2.45, 2.75) is 40.2 Å². The van der Waals surface area contributed by atoms with E-state index in [1.807, 2.05) is 20.8 Å². The molecule has 0 aromatic carbocycles. The molecule has 5 nitrogen and oxygen atoms in total. The first-order valence-corrected chi connectivity index (χ1v) is 5.07. The van der Waals surface area contributed by atoms with Crippen LogP contribution >= 0.6 is 0 Å². The number of carbonyl (C=O) groups is 1. The molecular formula is C11H21NO4. The summed E-state index contributed by atoms with van der Waals surface area (Å²) in [6, 6.07) is 0. The lowest BCUT2D eigenvalue weighted by Gasteiger charge is -2.25. The second kappa shape index (κ2) is 7.88. The van der Waals surface area contributed by atoms with Gasteiger partial charge in [-0.05, 0) is 26.7 Å². The number of hydrogen-bond acceptors (Lipinski definition) is 4. The van der Waals surface area contributed by atoms with Gasteiger partial charge in [-0.2, -0.15) is 9.59 Å². The number of amides is 1. The maximum atomic E-state index is 11.4. The highest BCUT2D eigenvalue weighted by Gasteiger charge is 2.19. The zero-order chi connectivity index (χ0) is 13.4. The van der Waals surface area contributed by atoms with E-state index in [1.54, 1.807) is 11.9 Å². The van der Waals surface area contributed by atoms with E-state index in [2.05, 4.69) is 13.8 Å². The summed E-state index contributed by atoms with van der Waals surface area (Å²) in [5, 5.41) is 0. The fraction of sp³-hybridized carbons (Fsp3) is 0.818. The zero-order valence-electron chi connectivity index (χ0n) is 10.9. The maximum Gasteiger partial charge on any atom is 0.410 e. The van der Waals surface area contributed by atoms with Gasteiger partial charge >= 0.3 is 12.2 Å². The molecule has 0 atom stereocenters. The normalized spacial score (nSPS) is 9.94. The van der Waals surface area contributed by atoms with E-state index in [0.717, 1.165) is 6.54 Å². The van der Waals surface area contributed by atoms with Gasteiger partial charge in [0.2, 0.25) is 0 Å². The van der Waals surface area contributed by atoms with E-state index in [9.17, 15) is 4.79 Å². The summed E-state index contributed by atoms with van der Waals surface area (Å²) in [7, 11) is 1.76. The van der Waals surface area contributed by atoms with Gasteiger partial charge in [0.05, 0.1) is 0 Å². The molecule has 0 rings (SSSR count). The van der Waals surface area contributed by atoms with Crippen molar-refractivity contribution in [3.8, 4) is 0 Å². The lowest BCUT2D eigenvalue weighted by molar-refractivity contribution is -0.191. The lowest BCUT2D eigenvalue weighted by Crippen LogP contribution is -2.36. The van der Waals surface area contributed by atoms with Gasteiger partial charge in [0, 0.05) is 13.6 Å². The minimum absolute atomic E-state index is 0.249. The Morgan fingerprint density at radius 2 is 1.69 bits per heavy atom. The molecule has 1 amide bonds. The van der Waals surface area contributed by atoms with E-state index in [4.69, 9.17) is 14.3 Å². The van der Waals surface area contributed by atoms with Crippen LogP contribution in [-0.4, -0.2) is 36.3 Å². The van der Waals surface area contributed by atoms with E-state index in [-0.39, 0.29) is 12.2 Å². The first-order valence-electron chi connectivity index (χ1n) is 5.07. The molecule has 0 spiro atoms. The summed E-state index contributed by atoms with van der Waals surface area (Å²) < 4.78 is 5.19. The van der Waals surface area contributed by atoms with Gasteiger partial charge in [0.15, 0.2) is 0 Å². The van der Waals surface area contributed by atoms with Crippen molar-refractivity contribution in [3.63, 3.8) is 0 Å². The number of hydrogen-bond donors (Lipinski definition) is 0.